The molecule has 18 heavy (non-hydrogen) atoms. The Hall–Kier alpha value is -1.95. The van der Waals surface area contributed by atoms with Crippen LogP contribution in [0.25, 0.3) is 0 Å². The van der Waals surface area contributed by atoms with Crippen LogP contribution in [-0.2, 0) is 11.3 Å². The van der Waals surface area contributed by atoms with Gasteiger partial charge in [-0.25, -0.2) is 4.79 Å². The topological polar surface area (TPSA) is 105 Å². The lowest BCUT2D eigenvalue weighted by Gasteiger charge is -2.15. The van der Waals surface area contributed by atoms with Gasteiger partial charge in [-0.1, -0.05) is 13.8 Å². The van der Waals surface area contributed by atoms with Crippen LogP contribution in [0.4, 0.5) is 0 Å². The van der Waals surface area contributed by atoms with Gasteiger partial charge in [0.1, 0.15) is 0 Å². The summed E-state index contributed by atoms with van der Waals surface area (Å²) in [4.78, 5) is 26.3. The molecule has 0 unspecified atom stereocenters. The summed E-state index contributed by atoms with van der Waals surface area (Å²) in [7, 11) is 0. The van der Waals surface area contributed by atoms with Gasteiger partial charge in [0.05, 0.1) is 23.8 Å². The number of carboxylic acid groups (broad SMARTS) is 1. The van der Waals surface area contributed by atoms with Gasteiger partial charge in [0.15, 0.2) is 0 Å². The summed E-state index contributed by atoms with van der Waals surface area (Å²) in [6, 6.07) is 2.24. The Bertz CT molecular complexity index is 446. The van der Waals surface area contributed by atoms with Gasteiger partial charge in [-0.05, 0) is 18.1 Å². The molecule has 1 aromatic rings. The minimum atomic E-state index is -1.02. The number of pyridine rings is 1. The first-order chi connectivity index (χ1) is 8.41. The van der Waals surface area contributed by atoms with Crippen molar-refractivity contribution in [3.05, 3.63) is 29.6 Å². The molecule has 0 bridgehead atoms. The van der Waals surface area contributed by atoms with Crippen molar-refractivity contribution < 1.29 is 14.7 Å². The molecular weight excluding hydrogens is 234 g/mol. The molecule has 0 aliphatic heterocycles. The smallest absolute Gasteiger partial charge is 0.335 e. The normalized spacial score (nSPS) is 12.2. The van der Waals surface area contributed by atoms with Crippen molar-refractivity contribution in [1.29, 1.82) is 0 Å². The summed E-state index contributed by atoms with van der Waals surface area (Å²) >= 11 is 0. The van der Waals surface area contributed by atoms with Crippen molar-refractivity contribution >= 4 is 11.9 Å². The molecular formula is C12H17N3O3. The highest BCUT2D eigenvalue weighted by atomic mass is 16.4. The predicted octanol–water partition coefficient (Wildman–Crippen LogP) is 0.379. The standard InChI is InChI=1S/C12H17N3O3/c1-7(2)10(13)11(16)15-6-9-5-8(12(17)18)3-4-14-9/h3-5,7,10H,6,13H2,1-2H3,(H,15,16)(H,17,18)/t10-/m0/s1. The lowest BCUT2D eigenvalue weighted by atomic mass is 10.1. The Kier molecular flexibility index (Phi) is 4.79. The highest BCUT2D eigenvalue weighted by Crippen LogP contribution is 2.03. The van der Waals surface area contributed by atoms with Crippen LogP contribution in [0.5, 0.6) is 0 Å². The maximum absolute atomic E-state index is 11.6. The van der Waals surface area contributed by atoms with Crippen LogP contribution in [0.1, 0.15) is 29.9 Å². The van der Waals surface area contributed by atoms with Crippen molar-refractivity contribution in [2.45, 2.75) is 26.4 Å². The molecule has 0 spiro atoms. The van der Waals surface area contributed by atoms with Crippen LogP contribution >= 0.6 is 0 Å². The number of hydrogen-bond acceptors (Lipinski definition) is 4. The number of nitrogens with one attached hydrogen (secondary N) is 1. The molecule has 0 aliphatic carbocycles. The van der Waals surface area contributed by atoms with E-state index in [9.17, 15) is 9.59 Å². The molecule has 0 radical (unpaired) electrons. The zero-order chi connectivity index (χ0) is 13.7. The van der Waals surface area contributed by atoms with Gasteiger partial charge in [0.25, 0.3) is 0 Å². The Morgan fingerprint density at radius 3 is 2.72 bits per heavy atom. The van der Waals surface area contributed by atoms with Crippen molar-refractivity contribution in [3.63, 3.8) is 0 Å². The molecule has 98 valence electrons. The molecule has 6 nitrogen and oxygen atoms in total. The Morgan fingerprint density at radius 1 is 1.50 bits per heavy atom. The third kappa shape index (κ3) is 3.81. The van der Waals surface area contributed by atoms with E-state index in [4.69, 9.17) is 10.8 Å². The summed E-state index contributed by atoms with van der Waals surface area (Å²) in [6.07, 6.45) is 1.40. The lowest BCUT2D eigenvalue weighted by molar-refractivity contribution is -0.123. The molecule has 0 aromatic carbocycles. The number of carbonyl (C=O) groups is 2. The lowest BCUT2D eigenvalue weighted by Crippen LogP contribution is -2.43. The summed E-state index contributed by atoms with van der Waals surface area (Å²) in [5.41, 5.74) is 6.30. The van der Waals surface area contributed by atoms with E-state index in [1.54, 1.807) is 0 Å². The number of hydrogen-bond donors (Lipinski definition) is 3. The molecule has 1 amide bonds. The third-order valence-corrected chi connectivity index (χ3v) is 2.53. The molecule has 1 atom stereocenters. The number of aromatic nitrogens is 1. The van der Waals surface area contributed by atoms with Crippen molar-refractivity contribution in [2.24, 2.45) is 11.7 Å². The molecule has 6 heteroatoms. The minimum Gasteiger partial charge on any atom is -0.478 e. The molecule has 1 aromatic heterocycles. The predicted molar refractivity (Wildman–Crippen MR) is 65.9 cm³/mol. The van der Waals surface area contributed by atoms with Crippen molar-refractivity contribution in [2.75, 3.05) is 0 Å². The Morgan fingerprint density at radius 2 is 2.17 bits per heavy atom. The minimum absolute atomic E-state index is 0.0447. The van der Waals surface area contributed by atoms with E-state index in [1.165, 1.54) is 18.3 Å². The highest BCUT2D eigenvalue weighted by molar-refractivity contribution is 5.87. The van der Waals surface area contributed by atoms with Crippen LogP contribution in [0, 0.1) is 5.92 Å². The fourth-order valence-corrected chi connectivity index (χ4v) is 1.31. The van der Waals surface area contributed by atoms with Gasteiger partial charge < -0.3 is 16.2 Å². The highest BCUT2D eigenvalue weighted by Gasteiger charge is 2.16. The second-order valence-corrected chi connectivity index (χ2v) is 4.33. The van der Waals surface area contributed by atoms with Crippen LogP contribution in [0.2, 0.25) is 0 Å². The van der Waals surface area contributed by atoms with Crippen molar-refractivity contribution in [3.8, 4) is 0 Å². The summed E-state index contributed by atoms with van der Waals surface area (Å²) in [5.74, 6) is -1.25. The molecule has 1 rings (SSSR count). The molecule has 0 saturated carbocycles. The zero-order valence-corrected chi connectivity index (χ0v) is 10.4. The maximum atomic E-state index is 11.6. The molecule has 4 N–H and O–H groups in total. The average Bonchev–Trinajstić information content (AvgIpc) is 2.35. The van der Waals surface area contributed by atoms with Crippen LogP contribution in [0.3, 0.4) is 0 Å². The van der Waals surface area contributed by atoms with Crippen LogP contribution in [0.15, 0.2) is 18.3 Å². The van der Waals surface area contributed by atoms with Gasteiger partial charge in [-0.2, -0.15) is 0 Å². The van der Waals surface area contributed by atoms with E-state index < -0.39 is 12.0 Å². The monoisotopic (exact) mass is 251 g/mol. The van der Waals surface area contributed by atoms with Gasteiger partial charge in [0.2, 0.25) is 5.91 Å². The molecule has 0 aliphatic rings. The quantitative estimate of drug-likeness (QED) is 0.701. The summed E-state index contributed by atoms with van der Waals surface area (Å²) < 4.78 is 0. The first-order valence-electron chi connectivity index (χ1n) is 5.63. The fraction of sp³-hybridized carbons (Fsp3) is 0.417. The number of carbonyl (C=O) groups excluding carboxylic acids is 1. The molecule has 1 heterocycles. The fourth-order valence-electron chi connectivity index (χ4n) is 1.31. The number of nitrogens with two attached hydrogens (primary N) is 1. The molecule has 0 fully saturated rings. The largest absolute Gasteiger partial charge is 0.478 e. The molecule has 0 saturated heterocycles. The van der Waals surface area contributed by atoms with Gasteiger partial charge in [-0.15, -0.1) is 0 Å². The second-order valence-electron chi connectivity index (χ2n) is 4.33. The first kappa shape index (κ1) is 14.1. The third-order valence-electron chi connectivity index (χ3n) is 2.53. The van der Waals surface area contributed by atoms with E-state index in [1.807, 2.05) is 13.8 Å². The summed E-state index contributed by atoms with van der Waals surface area (Å²) in [5, 5.41) is 11.4. The first-order valence-corrected chi connectivity index (χ1v) is 5.63. The van der Waals surface area contributed by atoms with E-state index in [2.05, 4.69) is 10.3 Å². The van der Waals surface area contributed by atoms with E-state index in [-0.39, 0.29) is 23.9 Å². The number of aromatic carboxylic acids is 1. The number of rotatable bonds is 5. The number of amides is 1. The summed E-state index contributed by atoms with van der Waals surface area (Å²) in [6.45, 7) is 3.88. The number of carboxylic acids is 1. The van der Waals surface area contributed by atoms with Crippen LogP contribution in [-0.4, -0.2) is 28.0 Å². The van der Waals surface area contributed by atoms with Gasteiger partial charge in [-0.3, -0.25) is 9.78 Å². The average molecular weight is 251 g/mol. The van der Waals surface area contributed by atoms with E-state index >= 15 is 0 Å². The zero-order valence-electron chi connectivity index (χ0n) is 10.4. The van der Waals surface area contributed by atoms with E-state index in [0.29, 0.717) is 5.69 Å². The van der Waals surface area contributed by atoms with Crippen molar-refractivity contribution in [1.82, 2.24) is 10.3 Å². The Balaban J connectivity index is 2.61. The second kappa shape index (κ2) is 6.11. The van der Waals surface area contributed by atoms with Crippen LogP contribution < -0.4 is 11.1 Å². The Labute approximate surface area is 105 Å². The SMILES string of the molecule is CC(C)[C@H](N)C(=O)NCc1cc(C(=O)O)ccn1. The number of nitrogens with zero attached hydrogens (tertiary/aromatic N) is 1. The maximum Gasteiger partial charge on any atom is 0.335 e. The van der Waals surface area contributed by atoms with E-state index in [0.717, 1.165) is 0 Å². The van der Waals surface area contributed by atoms with Gasteiger partial charge >= 0.3 is 5.97 Å². The van der Waals surface area contributed by atoms with Gasteiger partial charge in [0, 0.05) is 6.20 Å².